The largest absolute Gasteiger partial charge is 0.394 e. The molecule has 0 aliphatic carbocycles. The van der Waals surface area contributed by atoms with Crippen LogP contribution in [0.4, 0.5) is 11.4 Å². The first kappa shape index (κ1) is 30.2. The van der Waals surface area contributed by atoms with Crippen molar-refractivity contribution in [1.29, 1.82) is 0 Å². The summed E-state index contributed by atoms with van der Waals surface area (Å²) in [5.74, 6) is -1.09. The number of rotatable bonds is 8. The van der Waals surface area contributed by atoms with E-state index in [9.17, 15) is 24.6 Å². The van der Waals surface area contributed by atoms with Gasteiger partial charge in [0.1, 0.15) is 0 Å². The third-order valence-corrected chi connectivity index (χ3v) is 9.62. The number of anilines is 2. The first-order valence-electron chi connectivity index (χ1n) is 15.1. The van der Waals surface area contributed by atoms with Crippen LogP contribution in [0, 0.1) is 5.92 Å². The molecule has 0 bridgehead atoms. The van der Waals surface area contributed by atoms with E-state index in [-0.39, 0.29) is 37.4 Å². The zero-order valence-corrected chi connectivity index (χ0v) is 26.2. The van der Waals surface area contributed by atoms with Crippen molar-refractivity contribution >= 4 is 45.0 Å². The van der Waals surface area contributed by atoms with Gasteiger partial charge in [-0.2, -0.15) is 0 Å². The maximum absolute atomic E-state index is 14.0. The van der Waals surface area contributed by atoms with Gasteiger partial charge in [0.15, 0.2) is 5.60 Å². The van der Waals surface area contributed by atoms with Gasteiger partial charge in [-0.1, -0.05) is 71.4 Å². The summed E-state index contributed by atoms with van der Waals surface area (Å²) in [6.45, 7) is 3.02. The first-order chi connectivity index (χ1) is 21.2. The molecule has 3 aliphatic heterocycles. The van der Waals surface area contributed by atoms with E-state index in [4.69, 9.17) is 0 Å². The molecule has 0 spiro atoms. The van der Waals surface area contributed by atoms with E-state index >= 15 is 0 Å². The Morgan fingerprint density at radius 2 is 1.89 bits per heavy atom. The zero-order chi connectivity index (χ0) is 31.0. The summed E-state index contributed by atoms with van der Waals surface area (Å²) in [6.07, 6.45) is 5.50. The van der Waals surface area contributed by atoms with E-state index in [2.05, 4.69) is 15.9 Å². The third kappa shape index (κ3) is 5.49. The summed E-state index contributed by atoms with van der Waals surface area (Å²) in [6, 6.07) is 20.8. The van der Waals surface area contributed by atoms with Crippen molar-refractivity contribution in [3.63, 3.8) is 0 Å². The zero-order valence-electron chi connectivity index (χ0n) is 24.7. The van der Waals surface area contributed by atoms with E-state index in [1.165, 1.54) is 0 Å². The maximum atomic E-state index is 14.0. The molecule has 8 nitrogen and oxygen atoms in total. The summed E-state index contributed by atoms with van der Waals surface area (Å²) in [5.41, 5.74) is 3.17. The molecule has 1 saturated heterocycles. The molecule has 0 unspecified atom stereocenters. The number of hydrogen-bond donors (Lipinski definition) is 2. The van der Waals surface area contributed by atoms with Crippen LogP contribution in [0.25, 0.3) is 0 Å². The quantitative estimate of drug-likeness (QED) is 0.338. The highest BCUT2D eigenvalue weighted by atomic mass is 79.9. The van der Waals surface area contributed by atoms with Crippen LogP contribution in [0.3, 0.4) is 0 Å². The summed E-state index contributed by atoms with van der Waals surface area (Å²) in [5, 5.41) is 22.0. The second-order valence-corrected chi connectivity index (χ2v) is 12.8. The Morgan fingerprint density at radius 3 is 2.64 bits per heavy atom. The second kappa shape index (κ2) is 12.3. The van der Waals surface area contributed by atoms with Gasteiger partial charge in [0.25, 0.3) is 5.91 Å². The topological polar surface area (TPSA) is 101 Å². The van der Waals surface area contributed by atoms with Crippen LogP contribution in [0.15, 0.2) is 83.4 Å². The fourth-order valence-electron chi connectivity index (χ4n) is 6.67. The monoisotopic (exact) mass is 657 g/mol. The smallest absolute Gasteiger partial charge is 0.264 e. The van der Waals surface area contributed by atoms with Crippen molar-refractivity contribution in [3.8, 4) is 0 Å². The molecule has 2 N–H and O–H groups in total. The minimum absolute atomic E-state index is 0.0876. The minimum Gasteiger partial charge on any atom is -0.394 e. The number of benzene rings is 3. The molecule has 0 aromatic heterocycles. The molecule has 3 heterocycles. The molecule has 228 valence electrons. The van der Waals surface area contributed by atoms with Crippen LogP contribution in [0.1, 0.15) is 48.4 Å². The van der Waals surface area contributed by atoms with Crippen LogP contribution >= 0.6 is 15.9 Å². The Bertz CT molecular complexity index is 1640. The van der Waals surface area contributed by atoms with Crippen LogP contribution in [0.5, 0.6) is 0 Å². The van der Waals surface area contributed by atoms with E-state index < -0.39 is 17.4 Å². The maximum Gasteiger partial charge on any atom is 0.264 e. The predicted octanol–water partition coefficient (Wildman–Crippen LogP) is 4.84. The number of halogens is 1. The van der Waals surface area contributed by atoms with Gasteiger partial charge in [-0.3, -0.25) is 14.4 Å². The Labute approximate surface area is 265 Å². The van der Waals surface area contributed by atoms with Gasteiger partial charge in [0.05, 0.1) is 24.9 Å². The summed E-state index contributed by atoms with van der Waals surface area (Å²) in [4.78, 5) is 44.7. The highest BCUT2D eigenvalue weighted by Crippen LogP contribution is 2.47. The average Bonchev–Trinajstić information content (AvgIpc) is 3.55. The lowest BCUT2D eigenvalue weighted by molar-refractivity contribution is -0.139. The molecule has 3 aromatic carbocycles. The first-order valence-corrected chi connectivity index (χ1v) is 15.9. The fourth-order valence-corrected chi connectivity index (χ4v) is 7.04. The number of fused-ring (bicyclic) bond motifs is 2. The molecule has 0 saturated carbocycles. The summed E-state index contributed by atoms with van der Waals surface area (Å²) in [7, 11) is 0. The number of aliphatic hydroxyl groups excluding tert-OH is 1. The molecule has 3 atom stereocenters. The van der Waals surface area contributed by atoms with Gasteiger partial charge in [-0.05, 0) is 59.9 Å². The van der Waals surface area contributed by atoms with Crippen molar-refractivity contribution in [2.45, 2.75) is 57.3 Å². The lowest BCUT2D eigenvalue weighted by atomic mass is 9.83. The van der Waals surface area contributed by atoms with Gasteiger partial charge < -0.3 is 24.9 Å². The Balaban J connectivity index is 1.20. The molecule has 9 heteroatoms. The number of nitrogens with zero attached hydrogens (tertiary/aromatic N) is 3. The number of carbonyl (C=O) groups excluding carboxylic acids is 3. The van der Waals surface area contributed by atoms with Gasteiger partial charge in [0, 0.05) is 47.6 Å². The van der Waals surface area contributed by atoms with Crippen LogP contribution in [0.2, 0.25) is 0 Å². The molecular formula is C35H36BrN3O5. The SMILES string of the molecule is C[C@H](/C=C/CC(=O)N1Cc2ccccc2C[C@H]1CO)[C@@]1(O)C(=O)N(Cc2cccc(N3CCCC3=O)c2)c2ccc(Br)cc21. The summed E-state index contributed by atoms with van der Waals surface area (Å²) >= 11 is 3.50. The number of aliphatic hydroxyl groups is 2. The normalized spacial score (nSPS) is 22.1. The van der Waals surface area contributed by atoms with E-state index in [1.807, 2.05) is 60.7 Å². The molecule has 6 rings (SSSR count). The summed E-state index contributed by atoms with van der Waals surface area (Å²) < 4.78 is 0.741. The number of amides is 3. The van der Waals surface area contributed by atoms with Crippen LogP contribution in [-0.4, -0.2) is 52.0 Å². The van der Waals surface area contributed by atoms with Gasteiger partial charge in [-0.25, -0.2) is 0 Å². The molecule has 0 radical (unpaired) electrons. The van der Waals surface area contributed by atoms with Crippen LogP contribution in [-0.2, 0) is 39.5 Å². The molecular weight excluding hydrogens is 622 g/mol. The minimum atomic E-state index is -1.83. The van der Waals surface area contributed by atoms with Crippen LogP contribution < -0.4 is 9.80 Å². The van der Waals surface area contributed by atoms with Crippen molar-refractivity contribution in [2.24, 2.45) is 5.92 Å². The van der Waals surface area contributed by atoms with Crippen molar-refractivity contribution in [1.82, 2.24) is 4.90 Å². The Morgan fingerprint density at radius 1 is 1.09 bits per heavy atom. The van der Waals surface area contributed by atoms with Crippen molar-refractivity contribution in [3.05, 3.63) is 106 Å². The second-order valence-electron chi connectivity index (χ2n) is 11.9. The Kier molecular flexibility index (Phi) is 8.46. The van der Waals surface area contributed by atoms with Crippen molar-refractivity contribution < 1.29 is 24.6 Å². The van der Waals surface area contributed by atoms with E-state index in [1.54, 1.807) is 39.8 Å². The fraction of sp³-hybridized carbons (Fsp3) is 0.343. The molecule has 44 heavy (non-hydrogen) atoms. The van der Waals surface area contributed by atoms with Gasteiger partial charge >= 0.3 is 0 Å². The molecule has 3 aromatic rings. The highest BCUT2D eigenvalue weighted by molar-refractivity contribution is 9.10. The number of hydrogen-bond acceptors (Lipinski definition) is 5. The van der Waals surface area contributed by atoms with E-state index in [0.717, 1.165) is 33.3 Å². The molecule has 3 aliphatic rings. The third-order valence-electron chi connectivity index (χ3n) is 9.13. The Hall–Kier alpha value is -3.79. The lowest BCUT2D eigenvalue weighted by Crippen LogP contribution is -2.46. The van der Waals surface area contributed by atoms with Crippen molar-refractivity contribution in [2.75, 3.05) is 23.0 Å². The average molecular weight is 659 g/mol. The standard InChI is InChI=1S/C35H36BrN3O5/c1-23(7-4-12-33(42)38-21-26-10-3-2-9-25(26)18-29(38)22-40)35(44)30-19-27(36)14-15-31(30)39(34(35)43)20-24-8-5-11-28(17-24)37-16-6-13-32(37)41/h2-5,7-11,14-15,17,19,23,29,40,44H,6,12-13,16,18,20-22H2,1H3/b7-4+/t23-,29+,35+/m1/s1. The van der Waals surface area contributed by atoms with Gasteiger partial charge in [0.2, 0.25) is 11.8 Å². The predicted molar refractivity (Wildman–Crippen MR) is 172 cm³/mol. The number of carbonyl (C=O) groups is 3. The van der Waals surface area contributed by atoms with E-state index in [0.29, 0.717) is 37.2 Å². The lowest BCUT2D eigenvalue weighted by Gasteiger charge is -2.36. The highest BCUT2D eigenvalue weighted by Gasteiger charge is 2.52. The van der Waals surface area contributed by atoms with Gasteiger partial charge in [-0.15, -0.1) is 0 Å². The molecule has 3 amide bonds. The molecule has 1 fully saturated rings.